The molecule has 0 aliphatic rings. The Hall–Kier alpha value is -1.34. The number of para-hydroxylation sites is 1. The number of rotatable bonds is 3. The maximum Gasteiger partial charge on any atom is 0.408 e. The lowest BCUT2D eigenvalue weighted by Gasteiger charge is -2.25. The van der Waals surface area contributed by atoms with Crippen LogP contribution in [0.25, 0.3) is 10.9 Å². The number of aromatic amines is 1. The van der Waals surface area contributed by atoms with E-state index in [0.29, 0.717) is 10.9 Å². The lowest BCUT2D eigenvalue weighted by Crippen LogP contribution is -2.41. The van der Waals surface area contributed by atoms with Crippen LogP contribution in [0, 0.1) is 0 Å². The van der Waals surface area contributed by atoms with E-state index in [0.717, 1.165) is 0 Å². The fraction of sp³-hybridized carbons (Fsp3) is 0.429. The Morgan fingerprint density at radius 2 is 1.81 bits per heavy atom. The maximum absolute atomic E-state index is 13.3. The van der Waals surface area contributed by atoms with Crippen molar-refractivity contribution in [2.75, 3.05) is 0 Å². The zero-order valence-electron chi connectivity index (χ0n) is 11.9. The molecule has 0 aliphatic carbocycles. The molecule has 2 atom stereocenters. The SMILES string of the molecule is CC(C)(C)S(=O)NC(c1c[nH]c2ccccc12)C(F)(F)F. The summed E-state index contributed by atoms with van der Waals surface area (Å²) in [6.45, 7) is 4.87. The van der Waals surface area contributed by atoms with E-state index in [-0.39, 0.29) is 5.56 Å². The molecule has 0 radical (unpaired) electrons. The molecule has 0 spiro atoms. The third-order valence-electron chi connectivity index (χ3n) is 3.04. The quantitative estimate of drug-likeness (QED) is 0.888. The minimum atomic E-state index is -4.54. The molecule has 0 saturated heterocycles. The van der Waals surface area contributed by atoms with Gasteiger partial charge in [-0.3, -0.25) is 0 Å². The summed E-state index contributed by atoms with van der Waals surface area (Å²) >= 11 is 0. The highest BCUT2D eigenvalue weighted by Crippen LogP contribution is 2.37. The summed E-state index contributed by atoms with van der Waals surface area (Å²) in [6, 6.07) is 4.75. The number of aromatic nitrogens is 1. The summed E-state index contributed by atoms with van der Waals surface area (Å²) in [5.74, 6) is 0. The lowest BCUT2D eigenvalue weighted by molar-refractivity contribution is -0.152. The highest BCUT2D eigenvalue weighted by atomic mass is 32.2. The predicted octanol–water partition coefficient (Wildman–Crippen LogP) is 3.82. The molecule has 7 heteroatoms. The smallest absolute Gasteiger partial charge is 0.361 e. The standard InChI is InChI=1S/C14H17F3N2OS/c1-13(2,3)21(20)19-12(14(15,16)17)10-8-18-11-7-5-4-6-9(10)11/h4-8,12,18-19H,1-3H3. The van der Waals surface area contributed by atoms with Crippen molar-refractivity contribution in [1.82, 2.24) is 9.71 Å². The van der Waals surface area contributed by atoms with Crippen molar-refractivity contribution in [1.29, 1.82) is 0 Å². The summed E-state index contributed by atoms with van der Waals surface area (Å²) in [5, 5.41) is 0.471. The summed E-state index contributed by atoms with van der Waals surface area (Å²) < 4.78 is 53.5. The fourth-order valence-electron chi connectivity index (χ4n) is 1.92. The van der Waals surface area contributed by atoms with E-state index in [1.165, 1.54) is 6.20 Å². The number of H-pyrrole nitrogens is 1. The lowest BCUT2D eigenvalue weighted by atomic mass is 10.1. The van der Waals surface area contributed by atoms with Gasteiger partial charge in [-0.05, 0) is 26.8 Å². The van der Waals surface area contributed by atoms with E-state index >= 15 is 0 Å². The van der Waals surface area contributed by atoms with E-state index < -0.39 is 28.0 Å². The Morgan fingerprint density at radius 3 is 2.38 bits per heavy atom. The van der Waals surface area contributed by atoms with Gasteiger partial charge in [0.05, 0.1) is 15.7 Å². The minimum absolute atomic E-state index is 0.0516. The molecule has 116 valence electrons. The minimum Gasteiger partial charge on any atom is -0.361 e. The molecule has 0 aliphatic heterocycles. The molecule has 0 amide bonds. The summed E-state index contributed by atoms with van der Waals surface area (Å²) in [7, 11) is -1.83. The largest absolute Gasteiger partial charge is 0.408 e. The number of nitrogens with one attached hydrogen (secondary N) is 2. The third kappa shape index (κ3) is 3.47. The number of alkyl halides is 3. The van der Waals surface area contributed by atoms with Gasteiger partial charge in [0.1, 0.15) is 6.04 Å². The van der Waals surface area contributed by atoms with Crippen LogP contribution in [0.3, 0.4) is 0 Å². The molecule has 2 N–H and O–H groups in total. The molecule has 2 unspecified atom stereocenters. The van der Waals surface area contributed by atoms with E-state index in [9.17, 15) is 17.4 Å². The Bertz CT molecular complexity index is 658. The molecule has 1 heterocycles. The van der Waals surface area contributed by atoms with Gasteiger partial charge in [0.2, 0.25) is 0 Å². The van der Waals surface area contributed by atoms with Gasteiger partial charge in [-0.2, -0.15) is 13.2 Å². The van der Waals surface area contributed by atoms with Crippen molar-refractivity contribution in [3.63, 3.8) is 0 Å². The molecule has 3 nitrogen and oxygen atoms in total. The van der Waals surface area contributed by atoms with Crippen LogP contribution >= 0.6 is 0 Å². The van der Waals surface area contributed by atoms with Gasteiger partial charge in [-0.1, -0.05) is 18.2 Å². The van der Waals surface area contributed by atoms with Crippen molar-refractivity contribution in [2.45, 2.75) is 37.7 Å². The van der Waals surface area contributed by atoms with Crippen molar-refractivity contribution in [3.05, 3.63) is 36.0 Å². The predicted molar refractivity (Wildman–Crippen MR) is 78.1 cm³/mol. The first-order chi connectivity index (χ1) is 9.60. The molecule has 0 fully saturated rings. The molecule has 21 heavy (non-hydrogen) atoms. The fourth-order valence-corrected chi connectivity index (χ4v) is 2.75. The summed E-state index contributed by atoms with van der Waals surface area (Å²) in [6.07, 6.45) is -3.22. The van der Waals surface area contributed by atoms with E-state index in [1.54, 1.807) is 45.0 Å². The van der Waals surface area contributed by atoms with Crippen LogP contribution in [0.4, 0.5) is 13.2 Å². The van der Waals surface area contributed by atoms with Crippen LogP contribution in [-0.4, -0.2) is 20.1 Å². The highest BCUT2D eigenvalue weighted by Gasteiger charge is 2.44. The average Bonchev–Trinajstić information content (AvgIpc) is 2.76. The molecular formula is C14H17F3N2OS. The van der Waals surface area contributed by atoms with Crippen molar-refractivity contribution >= 4 is 21.9 Å². The number of benzene rings is 1. The molecular weight excluding hydrogens is 301 g/mol. The molecule has 2 rings (SSSR count). The number of fused-ring (bicyclic) bond motifs is 1. The number of hydrogen-bond donors (Lipinski definition) is 2. The first-order valence-corrected chi connectivity index (χ1v) is 7.56. The highest BCUT2D eigenvalue weighted by molar-refractivity contribution is 7.84. The first-order valence-electron chi connectivity index (χ1n) is 6.41. The van der Waals surface area contributed by atoms with Crippen molar-refractivity contribution in [2.24, 2.45) is 0 Å². The third-order valence-corrected chi connectivity index (χ3v) is 4.60. The average molecular weight is 318 g/mol. The molecule has 0 saturated carbocycles. The van der Waals surface area contributed by atoms with Crippen molar-refractivity contribution in [3.8, 4) is 0 Å². The Morgan fingerprint density at radius 1 is 1.19 bits per heavy atom. The second-order valence-electron chi connectivity index (χ2n) is 5.76. The Labute approximate surface area is 123 Å². The van der Waals surface area contributed by atoms with Crippen molar-refractivity contribution < 1.29 is 17.4 Å². The van der Waals surface area contributed by atoms with Gasteiger partial charge in [-0.15, -0.1) is 0 Å². The van der Waals surface area contributed by atoms with E-state index in [4.69, 9.17) is 0 Å². The van der Waals surface area contributed by atoms with E-state index in [2.05, 4.69) is 9.71 Å². The van der Waals surface area contributed by atoms with Gasteiger partial charge in [-0.25, -0.2) is 8.93 Å². The van der Waals surface area contributed by atoms with Gasteiger partial charge in [0, 0.05) is 22.7 Å². The Balaban J connectivity index is 2.44. The number of halogens is 3. The van der Waals surface area contributed by atoms with Gasteiger partial charge >= 0.3 is 6.18 Å². The van der Waals surface area contributed by atoms with Crippen LogP contribution in [0.5, 0.6) is 0 Å². The van der Waals surface area contributed by atoms with Gasteiger partial charge < -0.3 is 4.98 Å². The number of hydrogen-bond acceptors (Lipinski definition) is 1. The monoisotopic (exact) mass is 318 g/mol. The topological polar surface area (TPSA) is 44.9 Å². The van der Waals surface area contributed by atoms with Crippen LogP contribution in [0.1, 0.15) is 32.4 Å². The first kappa shape index (κ1) is 16.0. The summed E-state index contributed by atoms with van der Waals surface area (Å²) in [5.41, 5.74) is 0.667. The van der Waals surface area contributed by atoms with Crippen LogP contribution in [0.15, 0.2) is 30.5 Å². The normalized spacial score (nSPS) is 16.1. The van der Waals surface area contributed by atoms with E-state index in [1.807, 2.05) is 0 Å². The molecule has 1 aromatic heterocycles. The molecule has 0 bridgehead atoms. The second kappa shape index (κ2) is 5.46. The maximum atomic E-state index is 13.3. The summed E-state index contributed by atoms with van der Waals surface area (Å²) in [4.78, 5) is 2.81. The van der Waals surface area contributed by atoms with Crippen LogP contribution < -0.4 is 4.72 Å². The molecule has 1 aromatic carbocycles. The van der Waals surface area contributed by atoms with Crippen LogP contribution in [-0.2, 0) is 11.0 Å². The molecule has 2 aromatic rings. The Kier molecular flexibility index (Phi) is 4.17. The zero-order chi connectivity index (χ0) is 15.8. The van der Waals surface area contributed by atoms with Gasteiger partial charge in [0.25, 0.3) is 0 Å². The van der Waals surface area contributed by atoms with Gasteiger partial charge in [0.15, 0.2) is 0 Å². The second-order valence-corrected chi connectivity index (χ2v) is 7.76. The zero-order valence-corrected chi connectivity index (χ0v) is 12.7. The van der Waals surface area contributed by atoms with Crippen LogP contribution in [0.2, 0.25) is 0 Å².